The van der Waals surface area contributed by atoms with Crippen molar-refractivity contribution in [2.45, 2.75) is 0 Å². The second kappa shape index (κ2) is 8.74. The van der Waals surface area contributed by atoms with E-state index < -0.39 is 0 Å². The van der Waals surface area contributed by atoms with Crippen molar-refractivity contribution in [2.75, 3.05) is 26.6 Å². The maximum absolute atomic E-state index is 9.89. The molecule has 0 spiro atoms. The third-order valence-corrected chi connectivity index (χ3v) is 3.43. The molecule has 0 unspecified atom stereocenters. The normalized spacial score (nSPS) is 10.4. The molecule has 0 fully saturated rings. The molecule has 25 heavy (non-hydrogen) atoms. The molecule has 7 nitrogen and oxygen atoms in total. The first-order chi connectivity index (χ1) is 12.1. The van der Waals surface area contributed by atoms with Gasteiger partial charge in [0.05, 0.1) is 33.2 Å². The summed E-state index contributed by atoms with van der Waals surface area (Å²) in [5.74, 6) is 1.18. The predicted octanol–water partition coefficient (Wildman–Crippen LogP) is 2.74. The summed E-state index contributed by atoms with van der Waals surface area (Å²) in [6.07, 6.45) is 1.53. The van der Waals surface area contributed by atoms with Gasteiger partial charge in [0.15, 0.2) is 16.6 Å². The van der Waals surface area contributed by atoms with E-state index in [1.807, 2.05) is 24.3 Å². The zero-order valence-corrected chi connectivity index (χ0v) is 14.9. The summed E-state index contributed by atoms with van der Waals surface area (Å²) in [6.45, 7) is 0. The van der Waals surface area contributed by atoms with Gasteiger partial charge in [0, 0.05) is 5.56 Å². The van der Waals surface area contributed by atoms with Gasteiger partial charge in [-0.25, -0.2) is 0 Å². The number of benzene rings is 2. The maximum Gasteiger partial charge on any atom is 0.200 e. The van der Waals surface area contributed by atoms with Gasteiger partial charge in [-0.05, 0) is 36.5 Å². The molecule has 0 heterocycles. The Kier molecular flexibility index (Phi) is 6.41. The third kappa shape index (κ3) is 4.74. The van der Waals surface area contributed by atoms with E-state index >= 15 is 0 Å². The third-order valence-electron chi connectivity index (χ3n) is 3.24. The minimum absolute atomic E-state index is 0.0662. The summed E-state index contributed by atoms with van der Waals surface area (Å²) in [4.78, 5) is 0. The lowest BCUT2D eigenvalue weighted by molar-refractivity contribution is 0.340. The lowest BCUT2D eigenvalue weighted by Gasteiger charge is -2.11. The Labute approximate surface area is 151 Å². The fourth-order valence-corrected chi connectivity index (χ4v) is 2.21. The van der Waals surface area contributed by atoms with Crippen LogP contribution in [0.15, 0.2) is 41.5 Å². The van der Waals surface area contributed by atoms with Gasteiger partial charge in [-0.1, -0.05) is 12.1 Å². The van der Waals surface area contributed by atoms with E-state index in [2.05, 4.69) is 15.8 Å². The number of phenolic OH excluding ortho intramolecular Hbond substituents is 1. The molecular weight excluding hydrogens is 342 g/mol. The molecule has 132 valence electrons. The predicted molar refractivity (Wildman–Crippen MR) is 101 cm³/mol. The van der Waals surface area contributed by atoms with Crippen LogP contribution < -0.4 is 25.0 Å². The van der Waals surface area contributed by atoms with Crippen LogP contribution in [0.1, 0.15) is 5.56 Å². The topological polar surface area (TPSA) is 84.3 Å². The number of hydrogen-bond acceptors (Lipinski definition) is 6. The number of rotatable bonds is 6. The van der Waals surface area contributed by atoms with Gasteiger partial charge >= 0.3 is 0 Å². The standard InChI is InChI=1S/C17H19N3O4S/c1-22-13-7-5-4-6-12(13)19-17(25)20-18-10-11-8-14(23-2)16(21)15(9-11)24-3/h4-10,21H,1-3H3,(H2,19,20,25). The molecule has 2 aromatic rings. The largest absolute Gasteiger partial charge is 0.502 e. The molecule has 0 aromatic heterocycles. The van der Waals surface area contributed by atoms with E-state index in [4.69, 9.17) is 26.4 Å². The van der Waals surface area contributed by atoms with Gasteiger partial charge in [0.25, 0.3) is 0 Å². The van der Waals surface area contributed by atoms with E-state index in [1.54, 1.807) is 19.2 Å². The molecule has 0 aliphatic carbocycles. The Morgan fingerprint density at radius 1 is 1.04 bits per heavy atom. The fourth-order valence-electron chi connectivity index (χ4n) is 2.05. The maximum atomic E-state index is 9.89. The highest BCUT2D eigenvalue weighted by molar-refractivity contribution is 7.80. The Morgan fingerprint density at radius 2 is 1.64 bits per heavy atom. The molecule has 8 heteroatoms. The zero-order chi connectivity index (χ0) is 18.2. The lowest BCUT2D eigenvalue weighted by atomic mass is 10.2. The first-order valence-electron chi connectivity index (χ1n) is 7.27. The summed E-state index contributed by atoms with van der Waals surface area (Å²) in [6, 6.07) is 10.6. The quantitative estimate of drug-likeness (QED) is 0.414. The van der Waals surface area contributed by atoms with Crippen LogP contribution in [0.3, 0.4) is 0 Å². The first kappa shape index (κ1) is 18.3. The van der Waals surface area contributed by atoms with E-state index in [0.717, 1.165) is 5.69 Å². The Hall–Kier alpha value is -3.00. The number of anilines is 1. The van der Waals surface area contributed by atoms with E-state index in [1.165, 1.54) is 20.4 Å². The number of methoxy groups -OCH3 is 3. The molecule has 0 bridgehead atoms. The number of aromatic hydroxyl groups is 1. The second-order valence-electron chi connectivity index (χ2n) is 4.80. The van der Waals surface area contributed by atoms with Crippen molar-refractivity contribution >= 4 is 29.2 Å². The van der Waals surface area contributed by atoms with Gasteiger partial charge in [0.2, 0.25) is 5.75 Å². The molecule has 0 atom stereocenters. The van der Waals surface area contributed by atoms with E-state index in [-0.39, 0.29) is 17.2 Å². The van der Waals surface area contributed by atoms with Crippen LogP contribution in [-0.2, 0) is 0 Å². The molecular formula is C17H19N3O4S. The minimum atomic E-state index is -0.0662. The number of nitrogens with one attached hydrogen (secondary N) is 2. The van der Waals surface area contributed by atoms with Crippen molar-refractivity contribution in [3.05, 3.63) is 42.0 Å². The van der Waals surface area contributed by atoms with Crippen LogP contribution in [0.4, 0.5) is 5.69 Å². The molecule has 0 saturated heterocycles. The molecule has 0 amide bonds. The van der Waals surface area contributed by atoms with Crippen molar-refractivity contribution in [1.29, 1.82) is 0 Å². The number of ether oxygens (including phenoxy) is 3. The number of nitrogens with zero attached hydrogens (tertiary/aromatic N) is 1. The van der Waals surface area contributed by atoms with Crippen molar-refractivity contribution in [1.82, 2.24) is 5.43 Å². The monoisotopic (exact) mass is 361 g/mol. The molecule has 2 rings (SSSR count). The van der Waals surface area contributed by atoms with Crippen molar-refractivity contribution < 1.29 is 19.3 Å². The Balaban J connectivity index is 2.04. The summed E-state index contributed by atoms with van der Waals surface area (Å²) in [5, 5.41) is 17.2. The molecule has 2 aromatic carbocycles. The molecule has 0 radical (unpaired) electrons. The van der Waals surface area contributed by atoms with Crippen molar-refractivity contribution in [3.8, 4) is 23.0 Å². The van der Waals surface area contributed by atoms with Crippen LogP contribution in [0.25, 0.3) is 0 Å². The number of phenols is 1. The molecule has 0 saturated carbocycles. The number of para-hydroxylation sites is 2. The van der Waals surface area contributed by atoms with Gasteiger partial charge in [-0.15, -0.1) is 0 Å². The van der Waals surface area contributed by atoms with Gasteiger partial charge < -0.3 is 24.6 Å². The number of hydrogen-bond donors (Lipinski definition) is 3. The minimum Gasteiger partial charge on any atom is -0.502 e. The van der Waals surface area contributed by atoms with Crippen LogP contribution in [-0.4, -0.2) is 37.8 Å². The van der Waals surface area contributed by atoms with E-state index in [0.29, 0.717) is 16.4 Å². The summed E-state index contributed by atoms with van der Waals surface area (Å²) in [5.41, 5.74) is 4.10. The highest BCUT2D eigenvalue weighted by Gasteiger charge is 2.10. The number of hydrazone groups is 1. The van der Waals surface area contributed by atoms with Crippen LogP contribution in [0, 0.1) is 0 Å². The fraction of sp³-hybridized carbons (Fsp3) is 0.176. The lowest BCUT2D eigenvalue weighted by Crippen LogP contribution is -2.24. The summed E-state index contributed by atoms with van der Waals surface area (Å²) >= 11 is 5.20. The van der Waals surface area contributed by atoms with Gasteiger partial charge in [-0.2, -0.15) is 5.10 Å². The van der Waals surface area contributed by atoms with Gasteiger partial charge in [0.1, 0.15) is 5.75 Å². The summed E-state index contributed by atoms with van der Waals surface area (Å²) < 4.78 is 15.4. The smallest absolute Gasteiger partial charge is 0.200 e. The first-order valence-corrected chi connectivity index (χ1v) is 7.68. The SMILES string of the molecule is COc1ccccc1NC(=S)NN=Cc1cc(OC)c(O)c(OC)c1. The average Bonchev–Trinajstić information content (AvgIpc) is 2.63. The highest BCUT2D eigenvalue weighted by atomic mass is 32.1. The number of thiocarbonyl (C=S) groups is 1. The second-order valence-corrected chi connectivity index (χ2v) is 5.21. The van der Waals surface area contributed by atoms with Crippen molar-refractivity contribution in [2.24, 2.45) is 5.10 Å². The summed E-state index contributed by atoms with van der Waals surface area (Å²) in [7, 11) is 4.50. The van der Waals surface area contributed by atoms with Crippen molar-refractivity contribution in [3.63, 3.8) is 0 Å². The average molecular weight is 361 g/mol. The highest BCUT2D eigenvalue weighted by Crippen LogP contribution is 2.36. The van der Waals surface area contributed by atoms with E-state index in [9.17, 15) is 5.11 Å². The zero-order valence-electron chi connectivity index (χ0n) is 14.1. The Morgan fingerprint density at radius 3 is 2.24 bits per heavy atom. The molecule has 3 N–H and O–H groups in total. The van der Waals surface area contributed by atoms with Crippen LogP contribution in [0.2, 0.25) is 0 Å². The Bertz CT molecular complexity index is 755. The van der Waals surface area contributed by atoms with Crippen LogP contribution in [0.5, 0.6) is 23.0 Å². The molecule has 0 aliphatic heterocycles. The van der Waals surface area contributed by atoms with Gasteiger partial charge in [-0.3, -0.25) is 5.43 Å². The van der Waals surface area contributed by atoms with Crippen LogP contribution >= 0.6 is 12.2 Å². The molecule has 0 aliphatic rings.